The predicted octanol–water partition coefficient (Wildman–Crippen LogP) is 4.21. The van der Waals surface area contributed by atoms with Gasteiger partial charge in [-0.25, -0.2) is 4.98 Å². The van der Waals surface area contributed by atoms with Crippen LogP contribution in [0.4, 0.5) is 11.5 Å². The third kappa shape index (κ3) is 6.62. The molecular weight excluding hydrogens is 526 g/mol. The van der Waals surface area contributed by atoms with E-state index in [1.165, 1.54) is 24.1 Å². The number of Topliss-reactive ketones (excluding diaryl/α,β-unsaturated/α-hetero) is 1. The van der Waals surface area contributed by atoms with Gasteiger partial charge in [-0.15, -0.1) is 0 Å². The van der Waals surface area contributed by atoms with Gasteiger partial charge in [0, 0.05) is 43.2 Å². The fraction of sp³-hybridized carbons (Fsp3) is 0.370. The number of hydroxylamine groups is 2. The number of rotatable bonds is 8. The Hall–Kier alpha value is -3.80. The highest BCUT2D eigenvalue weighted by atomic mass is 35.5. The Balaban J connectivity index is 1.60. The van der Waals surface area contributed by atoms with Gasteiger partial charge in [-0.3, -0.25) is 19.2 Å². The van der Waals surface area contributed by atoms with Crippen molar-refractivity contribution in [2.45, 2.75) is 38.6 Å². The van der Waals surface area contributed by atoms with Gasteiger partial charge in [-0.2, -0.15) is 5.06 Å². The Kier molecular flexibility index (Phi) is 8.63. The molecule has 0 radical (unpaired) electrons. The van der Waals surface area contributed by atoms with Crippen molar-refractivity contribution in [3.63, 3.8) is 0 Å². The summed E-state index contributed by atoms with van der Waals surface area (Å²) in [6.45, 7) is 1.35. The van der Waals surface area contributed by atoms with Crippen molar-refractivity contribution < 1.29 is 28.8 Å². The molecule has 0 saturated heterocycles. The van der Waals surface area contributed by atoms with Gasteiger partial charge in [0.1, 0.15) is 22.9 Å². The van der Waals surface area contributed by atoms with E-state index in [4.69, 9.17) is 16.0 Å². The highest BCUT2D eigenvalue weighted by Crippen LogP contribution is 2.35. The molecule has 0 spiro atoms. The maximum atomic E-state index is 13.3. The lowest BCUT2D eigenvalue weighted by atomic mass is 9.85. The minimum absolute atomic E-state index is 0.0580. The fourth-order valence-corrected chi connectivity index (χ4v) is 4.73. The van der Waals surface area contributed by atoms with Gasteiger partial charge < -0.3 is 25.2 Å². The number of benzene rings is 1. The van der Waals surface area contributed by atoms with Crippen molar-refractivity contribution >= 4 is 57.6 Å². The second kappa shape index (κ2) is 11.9. The summed E-state index contributed by atoms with van der Waals surface area (Å²) >= 11 is 5.88. The van der Waals surface area contributed by atoms with E-state index < -0.39 is 5.91 Å². The lowest BCUT2D eigenvalue weighted by molar-refractivity contribution is -0.153. The number of halogens is 1. The number of amides is 3. The molecule has 3 N–H and O–H groups in total. The minimum Gasteiger partial charge on any atom is -0.449 e. The van der Waals surface area contributed by atoms with Crippen molar-refractivity contribution in [1.82, 2.24) is 14.9 Å². The lowest BCUT2D eigenvalue weighted by Gasteiger charge is -2.32. The standard InChI is InChI=1S/C27H30ClN5O6/c1-15(34)14-33(38)19-8-4-16(5-9-19)25(35)31-23-20-12-17(27(37)32(2)3)6-10-21(20)39-24(23)26(36)30-22-11-7-18(28)13-29-22/h6-7,10-13,16,19,38H,4-5,8-9,14H2,1-3H3,(H,31,35)(H,29,30,36). The molecule has 0 aliphatic heterocycles. The average molecular weight is 556 g/mol. The number of hydrogen-bond donors (Lipinski definition) is 3. The average Bonchev–Trinajstić information content (AvgIpc) is 3.26. The van der Waals surface area contributed by atoms with E-state index >= 15 is 0 Å². The maximum Gasteiger partial charge on any atom is 0.294 e. The summed E-state index contributed by atoms with van der Waals surface area (Å²) in [6.07, 6.45) is 3.43. The molecule has 0 bridgehead atoms. The van der Waals surface area contributed by atoms with E-state index in [0.29, 0.717) is 47.2 Å². The molecule has 1 saturated carbocycles. The largest absolute Gasteiger partial charge is 0.449 e. The number of nitrogens with zero attached hydrogens (tertiary/aromatic N) is 3. The molecule has 1 aromatic carbocycles. The quantitative estimate of drug-likeness (QED) is 0.350. The van der Waals surface area contributed by atoms with E-state index in [-0.39, 0.29) is 53.4 Å². The zero-order chi connectivity index (χ0) is 28.3. The first-order chi connectivity index (χ1) is 18.5. The van der Waals surface area contributed by atoms with Crippen LogP contribution in [0.2, 0.25) is 5.02 Å². The molecule has 0 atom stereocenters. The van der Waals surface area contributed by atoms with Crippen LogP contribution in [0.3, 0.4) is 0 Å². The molecule has 12 heteroatoms. The van der Waals surface area contributed by atoms with Crippen LogP contribution in [-0.2, 0) is 9.59 Å². The van der Waals surface area contributed by atoms with Crippen LogP contribution in [0.15, 0.2) is 40.9 Å². The van der Waals surface area contributed by atoms with Gasteiger partial charge in [0.05, 0.1) is 11.6 Å². The van der Waals surface area contributed by atoms with E-state index in [1.807, 2.05) is 0 Å². The highest BCUT2D eigenvalue weighted by Gasteiger charge is 2.31. The summed E-state index contributed by atoms with van der Waals surface area (Å²) < 4.78 is 5.85. The number of carbonyl (C=O) groups excluding carboxylic acids is 4. The Labute approximate surface area is 230 Å². The SMILES string of the molecule is CC(=O)CN(O)C1CCC(C(=O)Nc2c(C(=O)Nc3ccc(Cl)cn3)oc3ccc(C(=O)N(C)C)cc23)CC1. The van der Waals surface area contributed by atoms with Crippen molar-refractivity contribution in [3.05, 3.63) is 52.9 Å². The van der Waals surface area contributed by atoms with E-state index in [9.17, 15) is 24.4 Å². The van der Waals surface area contributed by atoms with Gasteiger partial charge in [0.25, 0.3) is 11.8 Å². The molecule has 1 aliphatic rings. The monoisotopic (exact) mass is 555 g/mol. The van der Waals surface area contributed by atoms with Crippen LogP contribution in [0.25, 0.3) is 11.0 Å². The van der Waals surface area contributed by atoms with E-state index in [2.05, 4.69) is 15.6 Å². The number of aromatic nitrogens is 1. The molecule has 2 aromatic heterocycles. The summed E-state index contributed by atoms with van der Waals surface area (Å²) in [6, 6.07) is 7.64. The molecule has 3 aromatic rings. The van der Waals surface area contributed by atoms with Crippen molar-refractivity contribution in [1.29, 1.82) is 0 Å². The molecule has 0 unspecified atom stereocenters. The van der Waals surface area contributed by atoms with Crippen LogP contribution < -0.4 is 10.6 Å². The molecule has 1 fully saturated rings. The minimum atomic E-state index is -0.638. The molecule has 2 heterocycles. The van der Waals surface area contributed by atoms with E-state index in [1.54, 1.807) is 38.4 Å². The van der Waals surface area contributed by atoms with Gasteiger partial charge in [0.15, 0.2) is 0 Å². The first-order valence-electron chi connectivity index (χ1n) is 12.5. The molecular formula is C27H30ClN5O6. The Morgan fingerprint density at radius 1 is 1.08 bits per heavy atom. The first kappa shape index (κ1) is 28.2. The van der Waals surface area contributed by atoms with Gasteiger partial charge >= 0.3 is 0 Å². The topological polar surface area (TPSA) is 145 Å². The summed E-state index contributed by atoms with van der Waals surface area (Å²) in [5, 5.41) is 17.5. The number of ketones is 1. The lowest BCUT2D eigenvalue weighted by Crippen LogP contribution is -2.40. The molecule has 3 amide bonds. The van der Waals surface area contributed by atoms with Crippen LogP contribution in [-0.4, -0.2) is 70.3 Å². The summed E-state index contributed by atoms with van der Waals surface area (Å²) in [5.74, 6) is -1.61. The molecule has 11 nitrogen and oxygen atoms in total. The summed E-state index contributed by atoms with van der Waals surface area (Å²) in [4.78, 5) is 56.0. The summed E-state index contributed by atoms with van der Waals surface area (Å²) in [7, 11) is 3.26. The van der Waals surface area contributed by atoms with Gasteiger partial charge in [-0.05, 0) is 62.9 Å². The zero-order valence-corrected chi connectivity index (χ0v) is 22.6. The number of carbonyl (C=O) groups is 4. The van der Waals surface area contributed by atoms with Gasteiger partial charge in [0.2, 0.25) is 11.7 Å². The van der Waals surface area contributed by atoms with Crippen molar-refractivity contribution in [2.75, 3.05) is 31.3 Å². The number of pyridine rings is 1. The normalized spacial score (nSPS) is 17.2. The fourth-order valence-electron chi connectivity index (χ4n) is 4.61. The Morgan fingerprint density at radius 2 is 1.79 bits per heavy atom. The van der Waals surface area contributed by atoms with Crippen molar-refractivity contribution in [3.8, 4) is 0 Å². The predicted molar refractivity (Wildman–Crippen MR) is 145 cm³/mol. The molecule has 4 rings (SSSR count). The second-order valence-corrected chi connectivity index (χ2v) is 10.3. The van der Waals surface area contributed by atoms with Crippen molar-refractivity contribution in [2.24, 2.45) is 5.92 Å². The first-order valence-corrected chi connectivity index (χ1v) is 12.9. The Morgan fingerprint density at radius 3 is 2.41 bits per heavy atom. The summed E-state index contributed by atoms with van der Waals surface area (Å²) in [5.41, 5.74) is 0.834. The number of anilines is 2. The molecule has 1 aliphatic carbocycles. The number of furan rings is 1. The van der Waals surface area contributed by atoms with Gasteiger partial charge in [-0.1, -0.05) is 11.6 Å². The third-order valence-corrected chi connectivity index (χ3v) is 6.86. The molecule has 39 heavy (non-hydrogen) atoms. The molecule has 206 valence electrons. The van der Waals surface area contributed by atoms with Crippen LogP contribution in [0.5, 0.6) is 0 Å². The van der Waals surface area contributed by atoms with Crippen LogP contribution >= 0.6 is 11.6 Å². The third-order valence-electron chi connectivity index (χ3n) is 6.64. The maximum absolute atomic E-state index is 13.3. The number of hydrogen-bond acceptors (Lipinski definition) is 8. The zero-order valence-electron chi connectivity index (χ0n) is 21.9. The van der Waals surface area contributed by atoms with Crippen LogP contribution in [0, 0.1) is 5.92 Å². The highest BCUT2D eigenvalue weighted by molar-refractivity contribution is 6.30. The number of fused-ring (bicyclic) bond motifs is 1. The van der Waals surface area contributed by atoms with Crippen LogP contribution in [0.1, 0.15) is 53.5 Å². The smallest absolute Gasteiger partial charge is 0.294 e. The van der Waals surface area contributed by atoms with E-state index in [0.717, 1.165) is 5.06 Å². The second-order valence-electron chi connectivity index (χ2n) is 9.83. The number of nitrogens with one attached hydrogen (secondary N) is 2. The Bertz CT molecular complexity index is 1400.